The van der Waals surface area contributed by atoms with E-state index >= 15 is 0 Å². The SMILES string of the molecule is CNN(C(=O)c1ccc(Cl)c(C)c1)C(C)(C)C. The molecule has 4 heteroatoms. The van der Waals surface area contributed by atoms with Crippen LogP contribution in [0.25, 0.3) is 0 Å². The Morgan fingerprint density at radius 3 is 2.35 bits per heavy atom. The van der Waals surface area contributed by atoms with Crippen molar-refractivity contribution in [3.8, 4) is 0 Å². The van der Waals surface area contributed by atoms with Crippen LogP contribution in [0.1, 0.15) is 36.7 Å². The fraction of sp³-hybridized carbons (Fsp3) is 0.462. The number of carbonyl (C=O) groups is 1. The van der Waals surface area contributed by atoms with Crippen LogP contribution in [0.5, 0.6) is 0 Å². The molecule has 1 aromatic rings. The topological polar surface area (TPSA) is 32.3 Å². The molecular formula is C13H19ClN2O. The molecule has 0 spiro atoms. The van der Waals surface area contributed by atoms with Crippen molar-refractivity contribution in [3.05, 3.63) is 34.3 Å². The Morgan fingerprint density at radius 1 is 1.35 bits per heavy atom. The largest absolute Gasteiger partial charge is 0.269 e. The number of carbonyl (C=O) groups excluding carboxylic acids is 1. The summed E-state index contributed by atoms with van der Waals surface area (Å²) in [6.45, 7) is 7.82. The smallest absolute Gasteiger partial charge is 0.268 e. The molecule has 1 amide bonds. The van der Waals surface area contributed by atoms with Gasteiger partial charge in [0.25, 0.3) is 5.91 Å². The Bertz CT molecular complexity index is 424. The summed E-state index contributed by atoms with van der Waals surface area (Å²) in [6, 6.07) is 5.30. The highest BCUT2D eigenvalue weighted by Crippen LogP contribution is 2.19. The molecule has 94 valence electrons. The van der Waals surface area contributed by atoms with Crippen molar-refractivity contribution in [3.63, 3.8) is 0 Å². The first-order valence-electron chi connectivity index (χ1n) is 5.55. The second-order valence-corrected chi connectivity index (χ2v) is 5.41. The van der Waals surface area contributed by atoms with Gasteiger partial charge in [0.05, 0.1) is 5.54 Å². The predicted molar refractivity (Wildman–Crippen MR) is 71.2 cm³/mol. The van der Waals surface area contributed by atoms with E-state index in [-0.39, 0.29) is 11.4 Å². The summed E-state index contributed by atoms with van der Waals surface area (Å²) < 4.78 is 0. The Kier molecular flexibility index (Phi) is 4.17. The van der Waals surface area contributed by atoms with Gasteiger partial charge in [-0.25, -0.2) is 5.43 Å². The van der Waals surface area contributed by atoms with Crippen LogP contribution in [0.2, 0.25) is 5.02 Å². The molecule has 0 aliphatic heterocycles. The number of nitrogens with zero attached hydrogens (tertiary/aromatic N) is 1. The lowest BCUT2D eigenvalue weighted by Crippen LogP contribution is -2.52. The van der Waals surface area contributed by atoms with Crippen LogP contribution in [0, 0.1) is 6.92 Å². The molecule has 0 fully saturated rings. The van der Waals surface area contributed by atoms with Crippen molar-refractivity contribution in [1.29, 1.82) is 0 Å². The summed E-state index contributed by atoms with van der Waals surface area (Å²) in [5.41, 5.74) is 4.19. The highest BCUT2D eigenvalue weighted by atomic mass is 35.5. The number of nitrogens with one attached hydrogen (secondary N) is 1. The summed E-state index contributed by atoms with van der Waals surface area (Å²) in [4.78, 5) is 12.3. The number of hydrogen-bond acceptors (Lipinski definition) is 2. The third-order valence-electron chi connectivity index (χ3n) is 2.50. The molecular weight excluding hydrogens is 236 g/mol. The zero-order valence-corrected chi connectivity index (χ0v) is 11.7. The Hall–Kier alpha value is -1.06. The van der Waals surface area contributed by atoms with E-state index in [0.29, 0.717) is 10.6 Å². The monoisotopic (exact) mass is 254 g/mol. The highest BCUT2D eigenvalue weighted by Gasteiger charge is 2.26. The van der Waals surface area contributed by atoms with E-state index in [4.69, 9.17) is 11.6 Å². The van der Waals surface area contributed by atoms with Gasteiger partial charge in [0, 0.05) is 17.6 Å². The maximum absolute atomic E-state index is 12.3. The van der Waals surface area contributed by atoms with Crippen LogP contribution >= 0.6 is 11.6 Å². The molecule has 1 rings (SSSR count). The second-order valence-electron chi connectivity index (χ2n) is 5.00. The lowest BCUT2D eigenvalue weighted by molar-refractivity contribution is 0.0442. The minimum Gasteiger partial charge on any atom is -0.269 e. The van der Waals surface area contributed by atoms with Gasteiger partial charge in [-0.2, -0.15) is 0 Å². The van der Waals surface area contributed by atoms with Gasteiger partial charge >= 0.3 is 0 Å². The molecule has 0 saturated carbocycles. The Balaban J connectivity index is 3.07. The van der Waals surface area contributed by atoms with Crippen LogP contribution in [-0.4, -0.2) is 23.5 Å². The van der Waals surface area contributed by atoms with E-state index < -0.39 is 0 Å². The quantitative estimate of drug-likeness (QED) is 0.823. The number of amides is 1. The lowest BCUT2D eigenvalue weighted by Gasteiger charge is -2.34. The minimum atomic E-state index is -0.278. The first kappa shape index (κ1) is 14.0. The highest BCUT2D eigenvalue weighted by molar-refractivity contribution is 6.31. The average molecular weight is 255 g/mol. The summed E-state index contributed by atoms with van der Waals surface area (Å²) in [7, 11) is 1.74. The number of rotatable bonds is 2. The molecule has 0 bridgehead atoms. The van der Waals surface area contributed by atoms with Gasteiger partial charge in [-0.3, -0.25) is 9.80 Å². The standard InChI is InChI=1S/C13H19ClN2O/c1-9-8-10(6-7-11(9)14)12(17)16(15-5)13(2,3)4/h6-8,15H,1-5H3. The van der Waals surface area contributed by atoms with Crippen molar-refractivity contribution in [2.45, 2.75) is 33.2 Å². The van der Waals surface area contributed by atoms with Crippen molar-refractivity contribution in [2.24, 2.45) is 0 Å². The predicted octanol–water partition coefficient (Wildman–Crippen LogP) is 3.02. The van der Waals surface area contributed by atoms with Gasteiger partial charge in [0.2, 0.25) is 0 Å². The van der Waals surface area contributed by atoms with Gasteiger partial charge in [0.15, 0.2) is 0 Å². The van der Waals surface area contributed by atoms with E-state index in [1.807, 2.05) is 27.7 Å². The van der Waals surface area contributed by atoms with Crippen LogP contribution in [-0.2, 0) is 0 Å². The number of benzene rings is 1. The molecule has 0 aromatic heterocycles. The molecule has 0 heterocycles. The molecule has 0 atom stereocenters. The number of aryl methyl sites for hydroxylation is 1. The summed E-state index contributed by atoms with van der Waals surface area (Å²) in [6.07, 6.45) is 0. The van der Waals surface area contributed by atoms with Gasteiger partial charge < -0.3 is 0 Å². The molecule has 1 N–H and O–H groups in total. The van der Waals surface area contributed by atoms with Crippen LogP contribution < -0.4 is 5.43 Å². The lowest BCUT2D eigenvalue weighted by atomic mass is 10.1. The Labute approximate surface area is 108 Å². The Morgan fingerprint density at radius 2 is 1.94 bits per heavy atom. The third kappa shape index (κ3) is 3.20. The summed E-state index contributed by atoms with van der Waals surface area (Å²) >= 11 is 5.95. The number of halogens is 1. The van der Waals surface area contributed by atoms with Crippen LogP contribution in [0.4, 0.5) is 0 Å². The van der Waals surface area contributed by atoms with Crippen molar-refractivity contribution < 1.29 is 4.79 Å². The molecule has 0 aliphatic rings. The van der Waals surface area contributed by atoms with Gasteiger partial charge in [-0.05, 0) is 51.5 Å². The zero-order valence-electron chi connectivity index (χ0n) is 11.0. The van der Waals surface area contributed by atoms with Crippen molar-refractivity contribution in [1.82, 2.24) is 10.4 Å². The molecule has 0 aliphatic carbocycles. The van der Waals surface area contributed by atoms with E-state index in [1.54, 1.807) is 30.3 Å². The van der Waals surface area contributed by atoms with Crippen LogP contribution in [0.15, 0.2) is 18.2 Å². The van der Waals surface area contributed by atoms with Gasteiger partial charge in [0.1, 0.15) is 0 Å². The second kappa shape index (κ2) is 5.07. The fourth-order valence-electron chi connectivity index (χ4n) is 1.65. The number of hydrazine groups is 1. The molecule has 1 aromatic carbocycles. The minimum absolute atomic E-state index is 0.0558. The zero-order chi connectivity index (χ0) is 13.2. The first-order valence-corrected chi connectivity index (χ1v) is 5.93. The van der Waals surface area contributed by atoms with Crippen molar-refractivity contribution >= 4 is 17.5 Å². The third-order valence-corrected chi connectivity index (χ3v) is 2.93. The summed E-state index contributed by atoms with van der Waals surface area (Å²) in [5.74, 6) is -0.0558. The fourth-order valence-corrected chi connectivity index (χ4v) is 1.77. The molecule has 3 nitrogen and oxygen atoms in total. The van der Waals surface area contributed by atoms with E-state index in [9.17, 15) is 4.79 Å². The van der Waals surface area contributed by atoms with Gasteiger partial charge in [-0.15, -0.1) is 0 Å². The number of hydrogen-bond donors (Lipinski definition) is 1. The maximum Gasteiger partial charge on any atom is 0.268 e. The van der Waals surface area contributed by atoms with E-state index in [2.05, 4.69) is 5.43 Å². The van der Waals surface area contributed by atoms with E-state index in [1.165, 1.54) is 0 Å². The molecule has 0 unspecified atom stereocenters. The summed E-state index contributed by atoms with van der Waals surface area (Å²) in [5, 5.41) is 2.28. The molecule has 0 saturated heterocycles. The normalized spacial score (nSPS) is 11.4. The molecule has 17 heavy (non-hydrogen) atoms. The van der Waals surface area contributed by atoms with E-state index in [0.717, 1.165) is 5.56 Å². The van der Waals surface area contributed by atoms with Crippen LogP contribution in [0.3, 0.4) is 0 Å². The maximum atomic E-state index is 12.3. The first-order chi connectivity index (χ1) is 7.77. The molecule has 0 radical (unpaired) electrons. The van der Waals surface area contributed by atoms with Crippen molar-refractivity contribution in [2.75, 3.05) is 7.05 Å². The average Bonchev–Trinajstić information content (AvgIpc) is 2.20. The van der Waals surface area contributed by atoms with Gasteiger partial charge in [-0.1, -0.05) is 11.6 Å².